The van der Waals surface area contributed by atoms with Crippen molar-refractivity contribution in [1.29, 1.82) is 0 Å². The first-order valence-corrected chi connectivity index (χ1v) is 7.52. The van der Waals surface area contributed by atoms with Crippen molar-refractivity contribution in [3.63, 3.8) is 0 Å². The predicted octanol–water partition coefficient (Wildman–Crippen LogP) is 1.02. The number of aromatic amines is 1. The van der Waals surface area contributed by atoms with E-state index in [9.17, 15) is 4.79 Å². The van der Waals surface area contributed by atoms with Crippen molar-refractivity contribution in [3.05, 3.63) is 29.9 Å². The van der Waals surface area contributed by atoms with E-state index in [1.165, 1.54) is 0 Å². The number of allylic oxidation sites excluding steroid dienone is 2. The number of likely N-dealkylation sites (tertiary alicyclic amines) is 1. The molecule has 2 N–H and O–H groups in total. The fraction of sp³-hybridized carbons (Fsp3) is 0.600. The summed E-state index contributed by atoms with van der Waals surface area (Å²) in [5.74, 6) is 1.52. The van der Waals surface area contributed by atoms with Crippen LogP contribution in [0.25, 0.3) is 0 Å². The van der Waals surface area contributed by atoms with E-state index in [1.54, 1.807) is 6.33 Å². The molecule has 1 aliphatic carbocycles. The third kappa shape index (κ3) is 1.88. The van der Waals surface area contributed by atoms with Gasteiger partial charge in [0.05, 0.1) is 12.0 Å². The molecule has 0 bridgehead atoms. The van der Waals surface area contributed by atoms with Crippen LogP contribution in [0.15, 0.2) is 18.5 Å². The van der Waals surface area contributed by atoms with Crippen molar-refractivity contribution in [2.75, 3.05) is 19.6 Å². The molecule has 20 heavy (non-hydrogen) atoms. The average molecular weight is 272 g/mol. The Morgan fingerprint density at radius 1 is 1.25 bits per heavy atom. The molecular weight excluding hydrogens is 252 g/mol. The molecular formula is C15H20N4O. The molecule has 1 fully saturated rings. The first kappa shape index (κ1) is 12.1. The molecule has 1 amide bonds. The van der Waals surface area contributed by atoms with Gasteiger partial charge >= 0.3 is 0 Å². The van der Waals surface area contributed by atoms with E-state index in [1.807, 2.05) is 4.90 Å². The largest absolute Gasteiger partial charge is 0.348 e. The van der Waals surface area contributed by atoms with Crippen LogP contribution >= 0.6 is 0 Å². The summed E-state index contributed by atoms with van der Waals surface area (Å²) in [5, 5.41) is 3.33. The molecule has 3 atom stereocenters. The summed E-state index contributed by atoms with van der Waals surface area (Å²) in [4.78, 5) is 22.3. The van der Waals surface area contributed by atoms with Gasteiger partial charge in [-0.15, -0.1) is 0 Å². The maximum atomic E-state index is 12.8. The Balaban J connectivity index is 1.52. The van der Waals surface area contributed by atoms with Crippen LogP contribution in [0, 0.1) is 11.8 Å². The number of fused-ring (bicyclic) bond motifs is 2. The van der Waals surface area contributed by atoms with Gasteiger partial charge in [0.15, 0.2) is 0 Å². The maximum Gasteiger partial charge on any atom is 0.246 e. The summed E-state index contributed by atoms with van der Waals surface area (Å²) >= 11 is 0. The van der Waals surface area contributed by atoms with Crippen LogP contribution in [0.2, 0.25) is 0 Å². The molecule has 0 spiro atoms. The second-order valence-electron chi connectivity index (χ2n) is 6.11. The SMILES string of the molecule is O=C([C@H]1NCCc2[nH]cnc21)N1C[C@H]2CC=CC[C@H]2C1. The molecule has 0 aromatic carbocycles. The highest BCUT2D eigenvalue weighted by Crippen LogP contribution is 2.34. The molecule has 3 heterocycles. The van der Waals surface area contributed by atoms with Gasteiger partial charge in [-0.25, -0.2) is 4.98 Å². The highest BCUT2D eigenvalue weighted by atomic mass is 16.2. The van der Waals surface area contributed by atoms with Crippen molar-refractivity contribution in [2.24, 2.45) is 11.8 Å². The molecule has 1 saturated heterocycles. The van der Waals surface area contributed by atoms with E-state index in [4.69, 9.17) is 0 Å². The van der Waals surface area contributed by atoms with Crippen molar-refractivity contribution in [1.82, 2.24) is 20.2 Å². The first-order chi connectivity index (χ1) is 9.83. The number of hydrogen-bond donors (Lipinski definition) is 2. The smallest absolute Gasteiger partial charge is 0.246 e. The van der Waals surface area contributed by atoms with E-state index in [0.717, 1.165) is 50.3 Å². The molecule has 4 rings (SSSR count). The molecule has 3 aliphatic rings. The number of amides is 1. The number of H-pyrrole nitrogens is 1. The van der Waals surface area contributed by atoms with Gasteiger partial charge in [-0.2, -0.15) is 0 Å². The third-order valence-corrected chi connectivity index (χ3v) is 4.93. The Labute approximate surface area is 118 Å². The predicted molar refractivity (Wildman–Crippen MR) is 75.0 cm³/mol. The number of nitrogens with one attached hydrogen (secondary N) is 2. The monoisotopic (exact) mass is 272 g/mol. The van der Waals surface area contributed by atoms with Crippen molar-refractivity contribution in [2.45, 2.75) is 25.3 Å². The summed E-state index contributed by atoms with van der Waals surface area (Å²) in [7, 11) is 0. The summed E-state index contributed by atoms with van der Waals surface area (Å²) in [6, 6.07) is -0.252. The van der Waals surface area contributed by atoms with Crippen LogP contribution in [-0.2, 0) is 11.2 Å². The Bertz CT molecular complexity index is 534. The van der Waals surface area contributed by atoms with E-state index in [2.05, 4.69) is 27.4 Å². The number of nitrogens with zero attached hydrogens (tertiary/aromatic N) is 2. The summed E-state index contributed by atoms with van der Waals surface area (Å²) in [5.41, 5.74) is 2.01. The number of rotatable bonds is 1. The zero-order valence-corrected chi connectivity index (χ0v) is 11.5. The maximum absolute atomic E-state index is 12.8. The van der Waals surface area contributed by atoms with Crippen LogP contribution < -0.4 is 5.32 Å². The zero-order valence-electron chi connectivity index (χ0n) is 11.5. The molecule has 5 nitrogen and oxygen atoms in total. The highest BCUT2D eigenvalue weighted by molar-refractivity contribution is 5.83. The van der Waals surface area contributed by atoms with E-state index >= 15 is 0 Å². The van der Waals surface area contributed by atoms with Crippen molar-refractivity contribution >= 4 is 5.91 Å². The van der Waals surface area contributed by atoms with Crippen LogP contribution in [0.1, 0.15) is 30.3 Å². The Morgan fingerprint density at radius 3 is 2.75 bits per heavy atom. The molecule has 1 aromatic heterocycles. The standard InChI is InChI=1S/C15H20N4O/c20-15(14-13-12(5-6-16-14)17-9-18-13)19-7-10-3-1-2-4-11(10)8-19/h1-2,9-11,14,16H,3-8H2,(H,17,18)/t10-,11+,14-/m0/s1. The Hall–Kier alpha value is -1.62. The van der Waals surface area contributed by atoms with Gasteiger partial charge < -0.3 is 15.2 Å². The minimum atomic E-state index is -0.252. The second kappa shape index (κ2) is 4.74. The Kier molecular flexibility index (Phi) is 2.88. The average Bonchev–Trinajstić information content (AvgIpc) is 3.12. The zero-order chi connectivity index (χ0) is 13.5. The van der Waals surface area contributed by atoms with Gasteiger partial charge in [0, 0.05) is 31.7 Å². The molecule has 5 heteroatoms. The van der Waals surface area contributed by atoms with Gasteiger partial charge in [-0.3, -0.25) is 4.79 Å². The summed E-state index contributed by atoms with van der Waals surface area (Å²) < 4.78 is 0. The van der Waals surface area contributed by atoms with Gasteiger partial charge in [0.1, 0.15) is 6.04 Å². The minimum Gasteiger partial charge on any atom is -0.348 e. The normalized spacial score (nSPS) is 32.0. The number of carbonyl (C=O) groups excluding carboxylic acids is 1. The molecule has 0 saturated carbocycles. The topological polar surface area (TPSA) is 61.0 Å². The molecule has 106 valence electrons. The van der Waals surface area contributed by atoms with Crippen LogP contribution in [0.4, 0.5) is 0 Å². The fourth-order valence-electron chi connectivity index (χ4n) is 3.80. The lowest BCUT2D eigenvalue weighted by Gasteiger charge is -2.27. The lowest BCUT2D eigenvalue weighted by atomic mass is 9.86. The van der Waals surface area contributed by atoms with Crippen LogP contribution in [0.5, 0.6) is 0 Å². The third-order valence-electron chi connectivity index (χ3n) is 4.93. The second-order valence-corrected chi connectivity index (χ2v) is 6.11. The van der Waals surface area contributed by atoms with Crippen molar-refractivity contribution in [3.8, 4) is 0 Å². The number of aromatic nitrogens is 2. The van der Waals surface area contributed by atoms with Crippen LogP contribution in [-0.4, -0.2) is 40.4 Å². The minimum absolute atomic E-state index is 0.201. The summed E-state index contributed by atoms with van der Waals surface area (Å²) in [6.07, 6.45) is 9.40. The number of carbonyl (C=O) groups is 1. The van der Waals surface area contributed by atoms with Gasteiger partial charge in [-0.05, 0) is 24.7 Å². The first-order valence-electron chi connectivity index (χ1n) is 7.52. The van der Waals surface area contributed by atoms with E-state index in [0.29, 0.717) is 11.8 Å². The van der Waals surface area contributed by atoms with Crippen LogP contribution in [0.3, 0.4) is 0 Å². The lowest BCUT2D eigenvalue weighted by Crippen LogP contribution is -2.43. The van der Waals surface area contributed by atoms with E-state index < -0.39 is 0 Å². The van der Waals surface area contributed by atoms with Crippen molar-refractivity contribution < 1.29 is 4.79 Å². The van der Waals surface area contributed by atoms with E-state index in [-0.39, 0.29) is 11.9 Å². The molecule has 2 aliphatic heterocycles. The molecule has 0 radical (unpaired) electrons. The Morgan fingerprint density at radius 2 is 2.00 bits per heavy atom. The number of imidazole rings is 1. The summed E-state index contributed by atoms with van der Waals surface area (Å²) in [6.45, 7) is 2.66. The van der Waals surface area contributed by atoms with Gasteiger partial charge in [-0.1, -0.05) is 12.2 Å². The number of hydrogen-bond acceptors (Lipinski definition) is 3. The van der Waals surface area contributed by atoms with Gasteiger partial charge in [0.2, 0.25) is 5.91 Å². The lowest BCUT2D eigenvalue weighted by molar-refractivity contribution is -0.133. The fourth-order valence-corrected chi connectivity index (χ4v) is 3.80. The highest BCUT2D eigenvalue weighted by Gasteiger charge is 2.39. The quantitative estimate of drug-likeness (QED) is 0.750. The molecule has 1 aromatic rings. The molecule has 0 unspecified atom stereocenters. The van der Waals surface area contributed by atoms with Gasteiger partial charge in [0.25, 0.3) is 0 Å².